The molecule has 0 aliphatic carbocycles. The molecule has 27 heavy (non-hydrogen) atoms. The number of nitrogens with zero attached hydrogens (tertiary/aromatic N) is 1. The lowest BCUT2D eigenvalue weighted by Crippen LogP contribution is -2.36. The molecule has 2 rings (SSSR count). The molecule has 2 N–H and O–H groups in total. The number of hydrogen-bond donors (Lipinski definition) is 2. The lowest BCUT2D eigenvalue weighted by atomic mass is 10.1. The summed E-state index contributed by atoms with van der Waals surface area (Å²) >= 11 is 1.73. The van der Waals surface area contributed by atoms with Crippen LogP contribution in [0.25, 0.3) is 0 Å². The predicted octanol–water partition coefficient (Wildman–Crippen LogP) is 3.38. The van der Waals surface area contributed by atoms with Gasteiger partial charge in [-0.25, -0.2) is 13.4 Å². The molecule has 0 amide bonds. The Kier molecular flexibility index (Phi) is 7.74. The van der Waals surface area contributed by atoms with Crippen molar-refractivity contribution in [3.05, 3.63) is 59.2 Å². The molecule has 0 heterocycles. The van der Waals surface area contributed by atoms with Crippen molar-refractivity contribution in [3.63, 3.8) is 0 Å². The van der Waals surface area contributed by atoms with Crippen LogP contribution in [0.2, 0.25) is 0 Å². The first-order chi connectivity index (χ1) is 12.8. The molecule has 0 aliphatic heterocycles. The largest absolute Gasteiger partial charge is 0.357 e. The van der Waals surface area contributed by atoms with E-state index in [0.717, 1.165) is 23.6 Å². The van der Waals surface area contributed by atoms with Gasteiger partial charge in [0.05, 0.1) is 11.4 Å². The van der Waals surface area contributed by atoms with Crippen LogP contribution in [0, 0.1) is 6.92 Å². The smallest absolute Gasteiger partial charge is 0.191 e. The second kappa shape index (κ2) is 9.80. The van der Waals surface area contributed by atoms with Crippen LogP contribution in [0.1, 0.15) is 23.6 Å². The van der Waals surface area contributed by atoms with E-state index in [-0.39, 0.29) is 0 Å². The minimum Gasteiger partial charge on any atom is -0.357 e. The molecule has 5 nitrogen and oxygen atoms in total. The Hall–Kier alpha value is -1.99. The summed E-state index contributed by atoms with van der Waals surface area (Å²) in [6.07, 6.45) is 3.29. The Morgan fingerprint density at radius 1 is 1.07 bits per heavy atom. The molecular formula is C20H27N3O2S2. The van der Waals surface area contributed by atoms with E-state index in [1.54, 1.807) is 17.8 Å². The van der Waals surface area contributed by atoms with Crippen LogP contribution in [0.5, 0.6) is 0 Å². The number of aliphatic imine (C=N–C) groups is 1. The van der Waals surface area contributed by atoms with Crippen molar-refractivity contribution in [2.75, 3.05) is 19.1 Å². The van der Waals surface area contributed by atoms with Crippen molar-refractivity contribution in [2.24, 2.45) is 4.99 Å². The second-order valence-electron chi connectivity index (χ2n) is 6.27. The molecule has 0 bridgehead atoms. The van der Waals surface area contributed by atoms with Crippen LogP contribution in [-0.2, 0) is 22.9 Å². The van der Waals surface area contributed by atoms with Gasteiger partial charge < -0.3 is 10.6 Å². The molecule has 146 valence electrons. The predicted molar refractivity (Wildman–Crippen MR) is 114 cm³/mol. The fraction of sp³-hybridized carbons (Fsp3) is 0.350. The van der Waals surface area contributed by atoms with Crippen LogP contribution in [0.4, 0.5) is 0 Å². The van der Waals surface area contributed by atoms with Gasteiger partial charge in [-0.1, -0.05) is 24.3 Å². The number of rotatable bonds is 7. The number of nitrogens with one attached hydrogen (secondary N) is 2. The third-order valence-electron chi connectivity index (χ3n) is 4.02. The van der Waals surface area contributed by atoms with Crippen LogP contribution in [0.3, 0.4) is 0 Å². The van der Waals surface area contributed by atoms with E-state index in [1.807, 2.05) is 26.0 Å². The van der Waals surface area contributed by atoms with Crippen LogP contribution < -0.4 is 10.6 Å². The summed E-state index contributed by atoms with van der Waals surface area (Å²) < 4.78 is 23.5. The Morgan fingerprint density at radius 2 is 1.74 bits per heavy atom. The van der Waals surface area contributed by atoms with Gasteiger partial charge in [-0.05, 0) is 55.0 Å². The minimum absolute atomic E-state index is 0.369. The van der Waals surface area contributed by atoms with Crippen molar-refractivity contribution < 1.29 is 8.42 Å². The van der Waals surface area contributed by atoms with Gasteiger partial charge in [0.1, 0.15) is 0 Å². The average molecular weight is 406 g/mol. The maximum absolute atomic E-state index is 11.7. The van der Waals surface area contributed by atoms with Crippen molar-refractivity contribution in [1.82, 2.24) is 10.6 Å². The zero-order chi connectivity index (χ0) is 19.9. The van der Waals surface area contributed by atoms with E-state index in [1.165, 1.54) is 16.7 Å². The van der Waals surface area contributed by atoms with Gasteiger partial charge in [0, 0.05) is 24.2 Å². The Labute approximate surface area is 166 Å². The Morgan fingerprint density at radius 3 is 2.30 bits per heavy atom. The van der Waals surface area contributed by atoms with Crippen LogP contribution >= 0.6 is 11.8 Å². The van der Waals surface area contributed by atoms with Gasteiger partial charge in [0.2, 0.25) is 0 Å². The summed E-state index contributed by atoms with van der Waals surface area (Å²) in [5.74, 6) is 0.733. The number of aryl methyl sites for hydroxylation is 1. The molecule has 0 atom stereocenters. The fourth-order valence-corrected chi connectivity index (χ4v) is 4.03. The number of hydrogen-bond acceptors (Lipinski definition) is 4. The van der Waals surface area contributed by atoms with Crippen molar-refractivity contribution in [1.29, 1.82) is 0 Å². The van der Waals surface area contributed by atoms with Gasteiger partial charge in [-0.15, -0.1) is 11.8 Å². The molecular weight excluding hydrogens is 378 g/mol. The summed E-state index contributed by atoms with van der Waals surface area (Å²) in [4.78, 5) is 6.22. The minimum atomic E-state index is -3.20. The van der Waals surface area contributed by atoms with Gasteiger partial charge in [-0.2, -0.15) is 0 Å². The monoisotopic (exact) mass is 405 g/mol. The van der Waals surface area contributed by atoms with Gasteiger partial charge in [-0.3, -0.25) is 0 Å². The number of benzene rings is 2. The maximum atomic E-state index is 11.7. The van der Waals surface area contributed by atoms with Crippen LogP contribution in [-0.4, -0.2) is 33.4 Å². The van der Waals surface area contributed by atoms with Gasteiger partial charge >= 0.3 is 0 Å². The highest BCUT2D eigenvalue weighted by Gasteiger charge is 2.10. The third-order valence-corrected chi connectivity index (χ3v) is 6.02. The number of thioether (sulfide) groups is 1. The second-order valence-corrected chi connectivity index (χ2v) is 9.13. The number of guanidine groups is 1. The van der Waals surface area contributed by atoms with Crippen molar-refractivity contribution in [2.45, 2.75) is 36.7 Å². The molecule has 7 heteroatoms. The lowest BCUT2D eigenvalue weighted by molar-refractivity contribution is 0.601. The highest BCUT2D eigenvalue weighted by Crippen LogP contribution is 2.17. The number of sulfone groups is 1. The first-order valence-electron chi connectivity index (χ1n) is 8.78. The lowest BCUT2D eigenvalue weighted by Gasteiger charge is -2.12. The molecule has 0 saturated heterocycles. The first-order valence-corrected chi connectivity index (χ1v) is 11.9. The average Bonchev–Trinajstić information content (AvgIpc) is 2.63. The summed E-state index contributed by atoms with van der Waals surface area (Å²) in [5.41, 5.74) is 2.91. The molecule has 0 aromatic heterocycles. The van der Waals surface area contributed by atoms with E-state index in [4.69, 9.17) is 0 Å². The summed E-state index contributed by atoms with van der Waals surface area (Å²) in [5, 5.41) is 6.57. The summed E-state index contributed by atoms with van der Waals surface area (Å²) in [6.45, 7) is 5.77. The zero-order valence-electron chi connectivity index (χ0n) is 16.2. The van der Waals surface area contributed by atoms with E-state index in [9.17, 15) is 8.42 Å². The molecule has 2 aromatic rings. The summed E-state index contributed by atoms with van der Waals surface area (Å²) in [7, 11) is -3.20. The van der Waals surface area contributed by atoms with E-state index in [2.05, 4.69) is 46.1 Å². The van der Waals surface area contributed by atoms with Crippen molar-refractivity contribution in [3.8, 4) is 0 Å². The molecule has 0 saturated carbocycles. The Bertz CT molecular complexity index is 892. The third kappa shape index (κ3) is 6.59. The van der Waals surface area contributed by atoms with Crippen molar-refractivity contribution >= 4 is 27.6 Å². The SMILES string of the molecule is CCNC(=NCc1ccc(S(C)(=O)=O)c(C)c1)NCc1ccc(SC)cc1. The van der Waals surface area contributed by atoms with E-state index >= 15 is 0 Å². The van der Waals surface area contributed by atoms with E-state index < -0.39 is 9.84 Å². The summed E-state index contributed by atoms with van der Waals surface area (Å²) in [6, 6.07) is 13.8. The first kappa shape index (κ1) is 21.3. The van der Waals surface area contributed by atoms with E-state index in [0.29, 0.717) is 18.0 Å². The topological polar surface area (TPSA) is 70.6 Å². The highest BCUT2D eigenvalue weighted by atomic mass is 32.2. The molecule has 0 spiro atoms. The van der Waals surface area contributed by atoms with Gasteiger partial charge in [0.15, 0.2) is 15.8 Å². The molecule has 0 unspecified atom stereocenters. The Balaban J connectivity index is 2.05. The molecule has 0 radical (unpaired) electrons. The van der Waals surface area contributed by atoms with Gasteiger partial charge in [0.25, 0.3) is 0 Å². The standard InChI is InChI=1S/C20H27N3O2S2/c1-5-21-20(22-13-16-6-9-18(26-3)10-7-16)23-14-17-8-11-19(15(2)12-17)27(4,24)25/h6-12H,5,13-14H2,1-4H3,(H2,21,22,23). The normalized spacial score (nSPS) is 12.1. The highest BCUT2D eigenvalue weighted by molar-refractivity contribution is 7.98. The van der Waals surface area contributed by atoms with Crippen LogP contribution in [0.15, 0.2) is 57.2 Å². The quantitative estimate of drug-likeness (QED) is 0.420. The zero-order valence-corrected chi connectivity index (χ0v) is 17.9. The molecule has 0 aliphatic rings. The fourth-order valence-electron chi connectivity index (χ4n) is 2.67. The maximum Gasteiger partial charge on any atom is 0.191 e. The molecule has 0 fully saturated rings. The molecule has 2 aromatic carbocycles.